The number of allylic oxidation sites excluding steroid dienone is 1. The highest BCUT2D eigenvalue weighted by Gasteiger charge is 2.70. The molecule has 0 spiro atoms. The van der Waals surface area contributed by atoms with Gasteiger partial charge in [0.25, 0.3) is 0 Å². The topological polar surface area (TPSA) is 432 Å². The van der Waals surface area contributed by atoms with E-state index >= 15 is 0 Å². The molecule has 452 valence electrons. The van der Waals surface area contributed by atoms with E-state index in [1.807, 2.05) is 6.92 Å². The van der Waals surface area contributed by atoms with Gasteiger partial charge < -0.3 is 120 Å². The van der Waals surface area contributed by atoms with Crippen molar-refractivity contribution in [2.24, 2.45) is 44.8 Å². The SMILES string of the molecule is C[C@@]1(C(=O)O[C@@H]2O[C@H](CO[C@@H]3O[C@H](CO)[C@@H](O)[C@H](O)[C@H]3O)[C@@H](O)[C@H](O)[C@H]2O)CC[C@]2(O)CC[C@]3(C)C(=CC[C@@H]4[C@@]5(C)CC[C@H](O[C@@H]6O[C@H](C(=O)O)[C@@H](O)[C@H](O)[C@H]6O[C@@H]6O[C@H](CO)[C@@H](O)[C@H](O)[C@H]6O)[C@](C)(CO)[C@@H]5CC[C@]43C)[C@@H]2C1. The number of esters is 1. The van der Waals surface area contributed by atoms with Gasteiger partial charge in [0.15, 0.2) is 25.0 Å². The Balaban J connectivity index is 0.914. The average molecular weight is 1140 g/mol. The molecule has 0 aromatic rings. The Morgan fingerprint density at radius 3 is 1.77 bits per heavy atom. The zero-order valence-corrected chi connectivity index (χ0v) is 45.1. The highest BCUT2D eigenvalue weighted by atomic mass is 16.8. The fourth-order valence-corrected chi connectivity index (χ4v) is 16.1. The second-order valence-corrected chi connectivity index (χ2v) is 25.5. The lowest BCUT2D eigenvalue weighted by molar-refractivity contribution is -0.375. The van der Waals surface area contributed by atoms with Crippen molar-refractivity contribution in [3.8, 4) is 0 Å². The van der Waals surface area contributed by atoms with E-state index in [1.165, 1.54) is 0 Å². The fourth-order valence-electron chi connectivity index (χ4n) is 16.1. The van der Waals surface area contributed by atoms with E-state index in [4.69, 9.17) is 37.9 Å². The molecule has 0 bridgehead atoms. The molecule has 26 nitrogen and oxygen atoms in total. The van der Waals surface area contributed by atoms with E-state index in [2.05, 4.69) is 26.8 Å². The summed E-state index contributed by atoms with van der Waals surface area (Å²) in [4.78, 5) is 26.8. The third kappa shape index (κ3) is 10.0. The number of fused-ring (bicyclic) bond motifs is 7. The molecule has 5 aliphatic carbocycles. The molecule has 79 heavy (non-hydrogen) atoms. The normalized spacial score (nSPS) is 54.8. The summed E-state index contributed by atoms with van der Waals surface area (Å²) in [6, 6.07) is 0. The number of carboxylic acid groups (broad SMARTS) is 1. The van der Waals surface area contributed by atoms with Gasteiger partial charge in [0, 0.05) is 11.3 Å². The molecule has 0 amide bonds. The Hall–Kier alpha value is -2.20. The molecular weight excluding hydrogens is 1050 g/mol. The maximum Gasteiger partial charge on any atom is 0.335 e. The molecule has 0 aromatic carbocycles. The van der Waals surface area contributed by atoms with Crippen LogP contribution in [0.4, 0.5) is 0 Å². The number of aliphatic hydroxyl groups excluding tert-OH is 14. The molecule has 16 N–H and O–H groups in total. The number of carboxylic acids is 1. The van der Waals surface area contributed by atoms with Gasteiger partial charge >= 0.3 is 11.9 Å². The largest absolute Gasteiger partial charge is 0.479 e. The van der Waals surface area contributed by atoms with Gasteiger partial charge in [0.2, 0.25) is 6.29 Å². The van der Waals surface area contributed by atoms with Gasteiger partial charge in [-0.1, -0.05) is 39.3 Å². The number of carbonyl (C=O) groups excluding carboxylic acids is 1. The van der Waals surface area contributed by atoms with Gasteiger partial charge in [0.1, 0.15) is 91.6 Å². The van der Waals surface area contributed by atoms with E-state index in [-0.39, 0.29) is 37.7 Å². The van der Waals surface area contributed by atoms with E-state index in [9.17, 15) is 91.3 Å². The summed E-state index contributed by atoms with van der Waals surface area (Å²) in [6.45, 7) is 7.77. The highest BCUT2D eigenvalue weighted by molar-refractivity contribution is 5.77. The Morgan fingerprint density at radius 1 is 0.595 bits per heavy atom. The molecular formula is C53H84O26. The monoisotopic (exact) mass is 1140 g/mol. The summed E-state index contributed by atoms with van der Waals surface area (Å²) in [6.07, 6.45) is -29.6. The van der Waals surface area contributed by atoms with Gasteiger partial charge in [-0.2, -0.15) is 0 Å². The van der Waals surface area contributed by atoms with Crippen LogP contribution in [0.5, 0.6) is 0 Å². The van der Waals surface area contributed by atoms with Crippen LogP contribution in [0.1, 0.15) is 98.8 Å². The molecule has 4 saturated carbocycles. The van der Waals surface area contributed by atoms with Gasteiger partial charge in [-0.25, -0.2) is 4.79 Å². The van der Waals surface area contributed by atoms with Crippen LogP contribution >= 0.6 is 0 Å². The molecule has 30 atom stereocenters. The summed E-state index contributed by atoms with van der Waals surface area (Å²) in [5.74, 6) is -3.12. The minimum Gasteiger partial charge on any atom is -0.479 e. The number of hydrogen-bond acceptors (Lipinski definition) is 25. The van der Waals surface area contributed by atoms with Crippen LogP contribution in [0.3, 0.4) is 0 Å². The second kappa shape index (κ2) is 22.3. The van der Waals surface area contributed by atoms with Crippen LogP contribution in [-0.2, 0) is 47.5 Å². The first kappa shape index (κ1) is 61.4. The van der Waals surface area contributed by atoms with Crippen molar-refractivity contribution >= 4 is 11.9 Å². The molecule has 9 rings (SSSR count). The van der Waals surface area contributed by atoms with E-state index in [0.717, 1.165) is 5.57 Å². The van der Waals surface area contributed by atoms with Crippen molar-refractivity contribution in [3.05, 3.63) is 11.6 Å². The van der Waals surface area contributed by atoms with E-state index in [0.29, 0.717) is 44.9 Å². The molecule has 4 aliphatic heterocycles. The van der Waals surface area contributed by atoms with Crippen LogP contribution in [0.2, 0.25) is 0 Å². The van der Waals surface area contributed by atoms with Crippen LogP contribution in [-0.4, -0.2) is 255 Å². The first-order valence-corrected chi connectivity index (χ1v) is 27.7. The lowest BCUT2D eigenvalue weighted by Gasteiger charge is -2.71. The number of aliphatic hydroxyl groups is 15. The van der Waals surface area contributed by atoms with Crippen molar-refractivity contribution < 1.29 is 129 Å². The highest BCUT2D eigenvalue weighted by Crippen LogP contribution is 2.75. The third-order valence-corrected chi connectivity index (χ3v) is 21.3. The molecule has 9 aliphatic rings. The maximum atomic E-state index is 14.5. The minimum absolute atomic E-state index is 0.0105. The zero-order chi connectivity index (χ0) is 57.9. The maximum absolute atomic E-state index is 14.5. The molecule has 0 unspecified atom stereocenters. The number of rotatable bonds is 13. The predicted octanol–water partition coefficient (Wildman–Crippen LogP) is -4.25. The molecule has 0 radical (unpaired) electrons. The van der Waals surface area contributed by atoms with Crippen molar-refractivity contribution in [3.63, 3.8) is 0 Å². The Labute approximate surface area is 456 Å². The Morgan fingerprint density at radius 2 is 1.16 bits per heavy atom. The summed E-state index contributed by atoms with van der Waals surface area (Å²) < 4.78 is 46.4. The third-order valence-electron chi connectivity index (χ3n) is 21.3. The van der Waals surface area contributed by atoms with Crippen LogP contribution < -0.4 is 0 Å². The standard InChI is InChI=1S/C53H84O26/c1-48(47(70)79-45-39(67)34(62)31(59)25(75-45)19-72-43-37(65)32(60)29(57)23(17-54)73-43)12-14-53(71)15-13-51(4)21(22(53)16-48)6-7-27-49(2)10-9-28(50(3,20-56)26(49)8-11-52(27,51)5)76-46-41(36(64)35(63)40(77-46)42(68)69)78-44-38(66)33(61)30(58)24(18-55)74-44/h6,22-41,43-46,54-67,71H,7-20H2,1-5H3,(H,68,69)/t22-,23+,24+,25+,26+,27+,28-,29+,30+,31+,32-,33-,34-,35-,36-,37+,38+,39+,40-,41+,43+,44-,45-,46+,48+,49-,50+,51+,52+,53-/m0/s1. The molecule has 4 heterocycles. The van der Waals surface area contributed by atoms with Crippen molar-refractivity contribution in [2.45, 2.75) is 233 Å². The number of ether oxygens (including phenoxy) is 8. The first-order chi connectivity index (χ1) is 37.0. The number of aliphatic carboxylic acids is 1. The van der Waals surface area contributed by atoms with Crippen molar-refractivity contribution in [1.82, 2.24) is 0 Å². The van der Waals surface area contributed by atoms with Crippen molar-refractivity contribution in [1.29, 1.82) is 0 Å². The summed E-state index contributed by atoms with van der Waals surface area (Å²) in [5, 5.41) is 171. The zero-order valence-electron chi connectivity index (χ0n) is 45.1. The molecule has 8 fully saturated rings. The smallest absolute Gasteiger partial charge is 0.335 e. The van der Waals surface area contributed by atoms with Gasteiger partial charge in [-0.05, 0) is 99.2 Å². The summed E-state index contributed by atoms with van der Waals surface area (Å²) in [5.41, 5.74) is -3.78. The molecule has 0 aromatic heterocycles. The second-order valence-electron chi connectivity index (χ2n) is 25.5. The number of carbonyl (C=O) groups is 2. The van der Waals surface area contributed by atoms with Gasteiger partial charge in [-0.15, -0.1) is 0 Å². The van der Waals surface area contributed by atoms with Crippen LogP contribution in [0.15, 0.2) is 11.6 Å². The van der Waals surface area contributed by atoms with E-state index in [1.54, 1.807) is 6.92 Å². The van der Waals surface area contributed by atoms with E-state index < -0.39 is 199 Å². The summed E-state index contributed by atoms with van der Waals surface area (Å²) >= 11 is 0. The average Bonchev–Trinajstić information content (AvgIpc) is 3.56. The number of hydrogen-bond donors (Lipinski definition) is 16. The quantitative estimate of drug-likeness (QED) is 0.0472. The minimum atomic E-state index is -2.06. The summed E-state index contributed by atoms with van der Waals surface area (Å²) in [7, 11) is 0. The van der Waals surface area contributed by atoms with Crippen molar-refractivity contribution in [2.75, 3.05) is 26.4 Å². The lowest BCUT2D eigenvalue weighted by Crippen LogP contribution is -2.68. The predicted molar refractivity (Wildman–Crippen MR) is 262 cm³/mol. The van der Waals surface area contributed by atoms with Gasteiger partial charge in [-0.3, -0.25) is 4.79 Å². The van der Waals surface area contributed by atoms with Crippen LogP contribution in [0.25, 0.3) is 0 Å². The fraction of sp³-hybridized carbons (Fsp3) is 0.925. The molecule has 26 heteroatoms. The van der Waals surface area contributed by atoms with Gasteiger partial charge in [0.05, 0.1) is 43.5 Å². The molecule has 4 saturated heterocycles. The Bertz CT molecular complexity index is 2220. The first-order valence-electron chi connectivity index (χ1n) is 27.7. The van der Waals surface area contributed by atoms with Crippen LogP contribution in [0, 0.1) is 44.8 Å². The lowest BCUT2D eigenvalue weighted by atomic mass is 9.34. The Kier molecular flexibility index (Phi) is 17.3.